The zero-order valence-electron chi connectivity index (χ0n) is 33.1. The van der Waals surface area contributed by atoms with Crippen LogP contribution in [0.1, 0.15) is 194 Å². The van der Waals surface area contributed by atoms with Crippen molar-refractivity contribution in [2.75, 3.05) is 14.1 Å². The number of nitrogens with zero attached hydrogens (tertiary/aromatic N) is 1. The molecule has 2 saturated carbocycles. The molecule has 3 heteroatoms. The van der Waals surface area contributed by atoms with Crippen molar-refractivity contribution in [1.29, 1.82) is 0 Å². The molecule has 0 amide bonds. The molecule has 5 atom stereocenters. The fraction of sp³-hybridized carbons (Fsp3) is 0.826. The van der Waals surface area contributed by atoms with Gasteiger partial charge in [-0.25, -0.2) is 0 Å². The van der Waals surface area contributed by atoms with Crippen molar-refractivity contribution < 1.29 is 9.47 Å². The zero-order chi connectivity index (χ0) is 34.8. The molecule has 0 aromatic heterocycles. The predicted octanol–water partition coefficient (Wildman–Crippen LogP) is 13.8. The Hall–Kier alpha value is -1.16. The highest BCUT2D eigenvalue weighted by Gasteiger charge is 2.62. The monoisotopic (exact) mass is 680 g/mol. The van der Waals surface area contributed by atoms with E-state index in [1.807, 2.05) is 0 Å². The molecule has 1 heterocycles. The van der Waals surface area contributed by atoms with Gasteiger partial charge in [-0.3, -0.25) is 0 Å². The number of ether oxygens (including phenoxy) is 2. The topological polar surface area (TPSA) is 21.7 Å². The van der Waals surface area contributed by atoms with Crippen molar-refractivity contribution in [2.24, 2.45) is 11.8 Å². The largest absolute Gasteiger partial charge is 0.344 e. The first-order chi connectivity index (χ1) is 24.1. The summed E-state index contributed by atoms with van der Waals surface area (Å²) in [6, 6.07) is 0.675. The second-order valence-electron chi connectivity index (χ2n) is 16.2. The molecule has 2 unspecified atom stereocenters. The van der Waals surface area contributed by atoms with Gasteiger partial charge >= 0.3 is 0 Å². The molecular weight excluding hydrogens is 599 g/mol. The SMILES string of the molecule is CCCCC/C=C\C/C=C\CCCCCCCCC1(CCCCCCCC/C=C\C/C=C\CCCCC)O[C@@H]2C3CC([C@@H]2O1)[C@@H](N(C)C)C3. The maximum absolute atomic E-state index is 7.06. The van der Waals surface area contributed by atoms with Crippen LogP contribution in [0.3, 0.4) is 0 Å². The molecule has 1 saturated heterocycles. The van der Waals surface area contributed by atoms with E-state index in [-0.39, 0.29) is 5.79 Å². The molecule has 0 N–H and O–H groups in total. The Balaban J connectivity index is 1.27. The highest BCUT2D eigenvalue weighted by atomic mass is 16.8. The molecule has 3 fully saturated rings. The molecule has 0 aromatic carbocycles. The second-order valence-corrected chi connectivity index (χ2v) is 16.2. The van der Waals surface area contributed by atoms with Crippen molar-refractivity contribution in [3.63, 3.8) is 0 Å². The van der Waals surface area contributed by atoms with Crippen LogP contribution in [-0.4, -0.2) is 43.0 Å². The van der Waals surface area contributed by atoms with Crippen LogP contribution in [0.15, 0.2) is 48.6 Å². The first-order valence-electron chi connectivity index (χ1n) is 21.7. The van der Waals surface area contributed by atoms with Crippen molar-refractivity contribution >= 4 is 0 Å². The first kappa shape index (κ1) is 42.3. The summed E-state index contributed by atoms with van der Waals surface area (Å²) in [5, 5.41) is 0. The molecule has 0 spiro atoms. The van der Waals surface area contributed by atoms with Gasteiger partial charge < -0.3 is 14.4 Å². The molecule has 3 nitrogen and oxygen atoms in total. The van der Waals surface area contributed by atoms with Gasteiger partial charge in [0.15, 0.2) is 5.79 Å². The normalized spacial score (nSPS) is 24.7. The molecule has 1 aliphatic heterocycles. The molecule has 3 rings (SSSR count). The minimum absolute atomic E-state index is 0.308. The summed E-state index contributed by atoms with van der Waals surface area (Å²) in [6.45, 7) is 4.55. The Morgan fingerprint density at radius 1 is 0.490 bits per heavy atom. The van der Waals surface area contributed by atoms with Gasteiger partial charge in [-0.2, -0.15) is 0 Å². The van der Waals surface area contributed by atoms with E-state index in [1.165, 1.54) is 154 Å². The molecular formula is C46H81NO2. The van der Waals surface area contributed by atoms with Crippen LogP contribution in [-0.2, 0) is 9.47 Å². The lowest BCUT2D eigenvalue weighted by molar-refractivity contribution is -0.196. The third-order valence-corrected chi connectivity index (χ3v) is 11.7. The molecule has 0 aromatic rings. The van der Waals surface area contributed by atoms with Crippen LogP contribution in [0, 0.1) is 11.8 Å². The summed E-state index contributed by atoms with van der Waals surface area (Å²) < 4.78 is 14.1. The summed E-state index contributed by atoms with van der Waals surface area (Å²) in [6.07, 6.45) is 55.6. The van der Waals surface area contributed by atoms with Gasteiger partial charge in [0, 0.05) is 24.8 Å². The van der Waals surface area contributed by atoms with Gasteiger partial charge in [0.05, 0.1) is 12.2 Å². The standard InChI is InChI=1S/C46H81NO2/c1-5-7-9-11-13-15-17-19-21-23-25-27-29-31-33-35-37-46(48-44-41-39-42(45(44)49-46)43(40-41)47(3)4)38-36-34-32-30-28-26-24-22-20-18-16-14-12-10-8-6-2/h13-16,19-22,41-45H,5-12,17-18,23-40H2,1-4H3/b15-13-,16-14-,21-19-,22-20-/t41?,42?,43-,44+,45-/m0/s1. The molecule has 0 radical (unpaired) electrons. The van der Waals surface area contributed by atoms with E-state index in [0.29, 0.717) is 30.1 Å². The third-order valence-electron chi connectivity index (χ3n) is 11.7. The molecule has 282 valence electrons. The van der Waals surface area contributed by atoms with Crippen LogP contribution in [0.2, 0.25) is 0 Å². The van der Waals surface area contributed by atoms with E-state index in [4.69, 9.17) is 9.47 Å². The number of unbranched alkanes of at least 4 members (excludes halogenated alkanes) is 18. The van der Waals surface area contributed by atoms with E-state index in [2.05, 4.69) is 81.5 Å². The minimum Gasteiger partial charge on any atom is -0.344 e. The Morgan fingerprint density at radius 3 is 1.35 bits per heavy atom. The zero-order valence-corrected chi connectivity index (χ0v) is 33.1. The van der Waals surface area contributed by atoms with E-state index < -0.39 is 0 Å². The van der Waals surface area contributed by atoms with Crippen molar-refractivity contribution in [2.45, 2.75) is 218 Å². The van der Waals surface area contributed by atoms with E-state index >= 15 is 0 Å². The van der Waals surface area contributed by atoms with Crippen molar-refractivity contribution in [1.82, 2.24) is 4.90 Å². The molecule has 2 aliphatic carbocycles. The Morgan fingerprint density at radius 2 is 0.898 bits per heavy atom. The number of allylic oxidation sites excluding steroid dienone is 8. The first-order valence-corrected chi connectivity index (χ1v) is 21.7. The average Bonchev–Trinajstić information content (AvgIpc) is 3.79. The number of hydrogen-bond acceptors (Lipinski definition) is 3. The van der Waals surface area contributed by atoms with Crippen molar-refractivity contribution in [3.05, 3.63) is 48.6 Å². The van der Waals surface area contributed by atoms with E-state index in [1.54, 1.807) is 0 Å². The second kappa shape index (κ2) is 26.6. The summed E-state index contributed by atoms with van der Waals surface area (Å²) in [5.41, 5.74) is 0. The smallest absolute Gasteiger partial charge is 0.169 e. The summed E-state index contributed by atoms with van der Waals surface area (Å²) in [7, 11) is 4.52. The molecule has 49 heavy (non-hydrogen) atoms. The average molecular weight is 680 g/mol. The fourth-order valence-electron chi connectivity index (χ4n) is 8.78. The van der Waals surface area contributed by atoms with Crippen LogP contribution in [0.5, 0.6) is 0 Å². The summed E-state index contributed by atoms with van der Waals surface area (Å²) in [4.78, 5) is 2.45. The highest BCUT2D eigenvalue weighted by Crippen LogP contribution is 2.55. The number of hydrogen-bond donors (Lipinski definition) is 0. The van der Waals surface area contributed by atoms with Crippen LogP contribution >= 0.6 is 0 Å². The number of rotatable bonds is 31. The minimum atomic E-state index is -0.308. The van der Waals surface area contributed by atoms with E-state index in [9.17, 15) is 0 Å². The Labute approximate surface area is 305 Å². The van der Waals surface area contributed by atoms with Gasteiger partial charge in [-0.05, 0) is 110 Å². The third kappa shape index (κ3) is 16.8. The van der Waals surface area contributed by atoms with Gasteiger partial charge in [0.2, 0.25) is 0 Å². The predicted molar refractivity (Wildman–Crippen MR) is 214 cm³/mol. The highest BCUT2D eigenvalue weighted by molar-refractivity contribution is 5.09. The van der Waals surface area contributed by atoms with Crippen molar-refractivity contribution in [3.8, 4) is 0 Å². The maximum Gasteiger partial charge on any atom is 0.169 e. The molecule has 3 aliphatic rings. The van der Waals surface area contributed by atoms with Gasteiger partial charge in [-0.15, -0.1) is 0 Å². The quantitative estimate of drug-likeness (QED) is 0.0538. The van der Waals surface area contributed by atoms with Gasteiger partial charge in [-0.1, -0.05) is 140 Å². The lowest BCUT2D eigenvalue weighted by atomic mass is 9.90. The fourth-order valence-corrected chi connectivity index (χ4v) is 8.78. The lowest BCUT2D eigenvalue weighted by Gasteiger charge is -2.33. The lowest BCUT2D eigenvalue weighted by Crippen LogP contribution is -2.43. The summed E-state index contributed by atoms with van der Waals surface area (Å²) in [5.74, 6) is 1.06. The van der Waals surface area contributed by atoms with Crippen LogP contribution in [0.4, 0.5) is 0 Å². The summed E-state index contributed by atoms with van der Waals surface area (Å²) >= 11 is 0. The van der Waals surface area contributed by atoms with Gasteiger partial charge in [0.1, 0.15) is 0 Å². The Bertz CT molecular complexity index is 870. The van der Waals surface area contributed by atoms with Crippen LogP contribution < -0.4 is 0 Å². The molecule has 2 bridgehead atoms. The van der Waals surface area contributed by atoms with Crippen LogP contribution in [0.25, 0.3) is 0 Å². The van der Waals surface area contributed by atoms with Gasteiger partial charge in [0.25, 0.3) is 0 Å². The maximum atomic E-state index is 7.06. The van der Waals surface area contributed by atoms with E-state index in [0.717, 1.165) is 25.7 Å². The number of fused-ring (bicyclic) bond motifs is 5. The Kier molecular flexibility index (Phi) is 22.9.